The number of benzene rings is 2. The number of amidine groups is 1. The van der Waals surface area contributed by atoms with Crippen molar-refractivity contribution in [1.29, 1.82) is 0 Å². The minimum absolute atomic E-state index is 0. The Balaban J connectivity index is 0.000000361. The van der Waals surface area contributed by atoms with Crippen molar-refractivity contribution < 1.29 is 42.1 Å². The molecule has 2 aliphatic heterocycles. The van der Waals surface area contributed by atoms with Gasteiger partial charge in [0.15, 0.2) is 0 Å². The fourth-order valence-electron chi connectivity index (χ4n) is 4.49. The topological polar surface area (TPSA) is 31.2 Å². The van der Waals surface area contributed by atoms with Gasteiger partial charge in [-0.2, -0.15) is 47.5 Å². The summed E-state index contributed by atoms with van der Waals surface area (Å²) in [6, 6.07) is 14.8. The second kappa shape index (κ2) is 13.7. The van der Waals surface area contributed by atoms with Crippen LogP contribution in [0.4, 0.5) is 11.4 Å². The normalized spacial score (nSPS) is 15.3. The van der Waals surface area contributed by atoms with E-state index in [1.54, 1.807) is 0 Å². The van der Waals surface area contributed by atoms with Crippen LogP contribution in [0.1, 0.15) is 63.8 Å². The first-order valence-electron chi connectivity index (χ1n) is 12.3. The van der Waals surface area contributed by atoms with Gasteiger partial charge in [0.25, 0.3) is 0 Å². The number of hydrogen-bond acceptors (Lipinski definition) is 4. The first-order valence-corrected chi connectivity index (χ1v) is 12.3. The number of nitrogens with zero attached hydrogens (tertiary/aromatic N) is 4. The molecule has 6 heteroatoms. The van der Waals surface area contributed by atoms with Gasteiger partial charge >= 0.3 is 0 Å². The van der Waals surface area contributed by atoms with Gasteiger partial charge in [-0.1, -0.05) is 52.2 Å². The molecule has 2 heterocycles. The molecule has 0 saturated heterocycles. The summed E-state index contributed by atoms with van der Waals surface area (Å²) in [6.45, 7) is 28.9. The number of rotatable bonds is 2. The van der Waals surface area contributed by atoms with Crippen LogP contribution in [0, 0.1) is 39.8 Å². The van der Waals surface area contributed by atoms with Gasteiger partial charge in [0.2, 0.25) is 0 Å². The standard InChI is InChI=1S/2C16H19N2.2W/c2*1-10-7-8-16(11(2)9-10)18-14(5)12(3)13(4)17-15(18)6;;/h8-9H,6H2,1-5H3;8-9H,5H2,1-4,6H3;;/q2*-1;;. The predicted octanol–water partition coefficient (Wildman–Crippen LogP) is 8.29. The molecule has 0 fully saturated rings. The third kappa shape index (κ3) is 7.02. The molecular weight excluding hydrogens is 808 g/mol. The minimum atomic E-state index is 0. The van der Waals surface area contributed by atoms with Crippen LogP contribution >= 0.6 is 0 Å². The summed E-state index contributed by atoms with van der Waals surface area (Å²) < 4.78 is 0. The Morgan fingerprint density at radius 1 is 0.658 bits per heavy atom. The van der Waals surface area contributed by atoms with Crippen molar-refractivity contribution in [2.75, 3.05) is 9.80 Å². The molecule has 0 radical (unpaired) electrons. The van der Waals surface area contributed by atoms with Gasteiger partial charge in [-0.15, -0.1) is 11.1 Å². The van der Waals surface area contributed by atoms with Crippen LogP contribution in [0.5, 0.6) is 0 Å². The monoisotopic (exact) mass is 846 g/mol. The van der Waals surface area contributed by atoms with Crippen molar-refractivity contribution in [3.8, 4) is 0 Å². The molecule has 0 amide bonds. The zero-order valence-electron chi connectivity index (χ0n) is 24.3. The van der Waals surface area contributed by atoms with E-state index in [1.165, 1.54) is 22.4 Å². The minimum Gasteiger partial charge on any atom is -0.354 e. The summed E-state index contributed by atoms with van der Waals surface area (Å²) in [5.41, 5.74) is 13.6. The second-order valence-electron chi connectivity index (χ2n) is 9.68. The third-order valence-corrected chi connectivity index (χ3v) is 6.90. The molecule has 0 atom stereocenters. The van der Waals surface area contributed by atoms with Crippen LogP contribution < -0.4 is 9.80 Å². The molecule has 0 unspecified atom stereocenters. The van der Waals surface area contributed by atoms with Crippen LogP contribution in [-0.4, -0.2) is 11.5 Å². The van der Waals surface area contributed by atoms with Crippen molar-refractivity contribution in [3.05, 3.63) is 106 Å². The van der Waals surface area contributed by atoms with Crippen molar-refractivity contribution in [3.63, 3.8) is 0 Å². The zero-order chi connectivity index (χ0) is 26.9. The maximum atomic E-state index is 4.58. The molecule has 0 bridgehead atoms. The van der Waals surface area contributed by atoms with E-state index in [2.05, 4.69) is 106 Å². The van der Waals surface area contributed by atoms with Crippen molar-refractivity contribution in [1.82, 2.24) is 0 Å². The molecule has 0 spiro atoms. The molecule has 2 aromatic carbocycles. The van der Waals surface area contributed by atoms with E-state index in [-0.39, 0.29) is 42.1 Å². The SMILES string of the molecule is C=C1C(C)=C(C)N=C(C)N1c1c[c-]c(C)cc1C.C=C1N=C(C)C(C)=C(C)N1c1c[c-]c(C)cc1C.[W].[W]. The van der Waals surface area contributed by atoms with Gasteiger partial charge in [0.1, 0.15) is 5.82 Å². The Hall–Kier alpha value is -2.28. The van der Waals surface area contributed by atoms with E-state index < -0.39 is 0 Å². The number of aliphatic imine (C=N–C) groups is 2. The van der Waals surface area contributed by atoms with Crippen LogP contribution in [-0.2, 0) is 42.1 Å². The number of aryl methyl sites for hydroxylation is 4. The summed E-state index contributed by atoms with van der Waals surface area (Å²) >= 11 is 0. The zero-order valence-corrected chi connectivity index (χ0v) is 30.2. The van der Waals surface area contributed by atoms with Gasteiger partial charge in [-0.3, -0.25) is 0 Å². The Labute approximate surface area is 258 Å². The quantitative estimate of drug-likeness (QED) is 0.285. The predicted molar refractivity (Wildman–Crippen MR) is 156 cm³/mol. The van der Waals surface area contributed by atoms with E-state index in [9.17, 15) is 0 Å². The Morgan fingerprint density at radius 2 is 1.13 bits per heavy atom. The van der Waals surface area contributed by atoms with Crippen molar-refractivity contribution >= 4 is 22.9 Å². The molecule has 38 heavy (non-hydrogen) atoms. The van der Waals surface area contributed by atoms with Gasteiger partial charge in [0.05, 0.1) is 5.84 Å². The molecule has 4 rings (SSSR count). The maximum absolute atomic E-state index is 4.58. The summed E-state index contributed by atoms with van der Waals surface area (Å²) in [7, 11) is 0. The van der Waals surface area contributed by atoms with E-state index in [1.807, 2.05) is 32.9 Å². The molecule has 0 N–H and O–H groups in total. The summed E-state index contributed by atoms with van der Waals surface area (Å²) in [6.07, 6.45) is 0. The number of hydrogen-bond donors (Lipinski definition) is 0. The number of allylic oxidation sites excluding steroid dienone is 4. The Bertz CT molecular complexity index is 1370. The average Bonchev–Trinajstić information content (AvgIpc) is 2.79. The molecule has 0 aromatic heterocycles. The molecule has 2 aliphatic rings. The van der Waals surface area contributed by atoms with E-state index in [0.29, 0.717) is 0 Å². The van der Waals surface area contributed by atoms with E-state index >= 15 is 0 Å². The molecule has 200 valence electrons. The molecule has 0 aliphatic carbocycles. The van der Waals surface area contributed by atoms with Crippen molar-refractivity contribution in [2.45, 2.75) is 69.2 Å². The Kier molecular flexibility index (Phi) is 12.1. The maximum Gasteiger partial charge on any atom is 0.119 e. The molecule has 0 saturated carbocycles. The third-order valence-electron chi connectivity index (χ3n) is 6.90. The van der Waals surface area contributed by atoms with Crippen LogP contribution in [0.15, 0.2) is 81.5 Å². The van der Waals surface area contributed by atoms with Crippen LogP contribution in [0.25, 0.3) is 0 Å². The van der Waals surface area contributed by atoms with Gasteiger partial charge in [-0.05, 0) is 52.7 Å². The van der Waals surface area contributed by atoms with Crippen molar-refractivity contribution in [2.24, 2.45) is 9.98 Å². The molecule has 2 aromatic rings. The van der Waals surface area contributed by atoms with E-state index in [0.717, 1.165) is 56.8 Å². The average molecular weight is 846 g/mol. The van der Waals surface area contributed by atoms with Crippen LogP contribution in [0.2, 0.25) is 0 Å². The van der Waals surface area contributed by atoms with Gasteiger partial charge < -0.3 is 9.80 Å². The molecule has 4 nitrogen and oxygen atoms in total. The summed E-state index contributed by atoms with van der Waals surface area (Å²) in [5.74, 6) is 1.74. The largest absolute Gasteiger partial charge is 0.354 e. The second-order valence-corrected chi connectivity index (χ2v) is 9.68. The fraction of sp³-hybridized carbons (Fsp3) is 0.312. The smallest absolute Gasteiger partial charge is 0.119 e. The molecular formula is C32H38N4W2-2. The first-order chi connectivity index (χ1) is 16.8. The van der Waals surface area contributed by atoms with E-state index in [4.69, 9.17) is 0 Å². The van der Waals surface area contributed by atoms with Gasteiger partial charge in [0, 0.05) is 64.9 Å². The summed E-state index contributed by atoms with van der Waals surface area (Å²) in [4.78, 5) is 13.3. The Morgan fingerprint density at radius 3 is 1.61 bits per heavy atom. The summed E-state index contributed by atoms with van der Waals surface area (Å²) in [5, 5.41) is 0. The number of anilines is 2. The fourth-order valence-corrected chi connectivity index (χ4v) is 4.49. The first kappa shape index (κ1) is 33.7. The van der Waals surface area contributed by atoms with Crippen LogP contribution in [0.3, 0.4) is 0 Å². The van der Waals surface area contributed by atoms with Gasteiger partial charge in [-0.25, -0.2) is 9.98 Å².